The van der Waals surface area contributed by atoms with Gasteiger partial charge in [-0.25, -0.2) is 4.68 Å². The third kappa shape index (κ3) is 2.69. The van der Waals surface area contributed by atoms with Crippen LogP contribution in [0.5, 0.6) is 0 Å². The van der Waals surface area contributed by atoms with Crippen LogP contribution in [0.15, 0.2) is 30.5 Å². The largest absolute Gasteiger partial charge is 0.395 e. The Morgan fingerprint density at radius 1 is 1.45 bits per heavy atom. The molecule has 20 heavy (non-hydrogen) atoms. The standard InChI is InChI=1S/C14H16ClN3O2/c1-10-11(14(20)17(2)7-8-19)9-16-18(10)13-6-4-3-5-12(13)15/h3-6,9,19H,7-8H2,1-2H3. The van der Waals surface area contributed by atoms with Crippen LogP contribution >= 0.6 is 11.6 Å². The van der Waals surface area contributed by atoms with Gasteiger partial charge in [-0.15, -0.1) is 0 Å². The predicted octanol–water partition coefficient (Wildman–Crippen LogP) is 1.90. The van der Waals surface area contributed by atoms with Gasteiger partial charge in [0.1, 0.15) is 0 Å². The molecule has 0 spiro atoms. The van der Waals surface area contributed by atoms with Gasteiger partial charge in [0, 0.05) is 13.6 Å². The Morgan fingerprint density at radius 2 is 2.15 bits per heavy atom. The van der Waals surface area contributed by atoms with E-state index >= 15 is 0 Å². The number of para-hydroxylation sites is 1. The first-order chi connectivity index (χ1) is 9.56. The Kier molecular flexibility index (Phi) is 4.42. The lowest BCUT2D eigenvalue weighted by Crippen LogP contribution is -2.29. The highest BCUT2D eigenvalue weighted by Gasteiger charge is 2.19. The summed E-state index contributed by atoms with van der Waals surface area (Å²) in [5.41, 5.74) is 1.95. The molecule has 106 valence electrons. The maximum absolute atomic E-state index is 12.2. The van der Waals surface area contributed by atoms with Crippen LogP contribution in [0.25, 0.3) is 5.69 Å². The molecule has 0 aliphatic rings. The SMILES string of the molecule is Cc1c(C(=O)N(C)CCO)cnn1-c1ccccc1Cl. The van der Waals surface area contributed by atoms with Crippen LogP contribution in [-0.2, 0) is 0 Å². The summed E-state index contributed by atoms with van der Waals surface area (Å²) >= 11 is 6.14. The van der Waals surface area contributed by atoms with Gasteiger partial charge in [0.2, 0.25) is 0 Å². The van der Waals surface area contributed by atoms with Crippen molar-refractivity contribution in [2.75, 3.05) is 20.2 Å². The van der Waals surface area contributed by atoms with Crippen molar-refractivity contribution in [3.63, 3.8) is 0 Å². The summed E-state index contributed by atoms with van der Waals surface area (Å²) in [5, 5.41) is 13.7. The Balaban J connectivity index is 2.37. The van der Waals surface area contributed by atoms with E-state index in [1.54, 1.807) is 17.8 Å². The number of hydrogen-bond donors (Lipinski definition) is 1. The lowest BCUT2D eigenvalue weighted by atomic mass is 10.2. The molecule has 1 heterocycles. The minimum Gasteiger partial charge on any atom is -0.395 e. The summed E-state index contributed by atoms with van der Waals surface area (Å²) in [5.74, 6) is -0.171. The number of amides is 1. The van der Waals surface area contributed by atoms with Crippen molar-refractivity contribution in [3.8, 4) is 5.69 Å². The molecule has 5 nitrogen and oxygen atoms in total. The minimum atomic E-state index is -0.171. The van der Waals surface area contributed by atoms with Crippen molar-refractivity contribution in [2.45, 2.75) is 6.92 Å². The lowest BCUT2D eigenvalue weighted by Gasteiger charge is -2.15. The van der Waals surface area contributed by atoms with E-state index in [1.807, 2.05) is 25.1 Å². The van der Waals surface area contributed by atoms with Crippen LogP contribution in [0.2, 0.25) is 5.02 Å². The highest BCUT2D eigenvalue weighted by atomic mass is 35.5. The first-order valence-corrected chi connectivity index (χ1v) is 6.60. The van der Waals surface area contributed by atoms with E-state index in [0.717, 1.165) is 5.69 Å². The second-order valence-electron chi connectivity index (χ2n) is 4.46. The van der Waals surface area contributed by atoms with Gasteiger partial charge in [0.25, 0.3) is 5.91 Å². The topological polar surface area (TPSA) is 58.4 Å². The Labute approximate surface area is 122 Å². The zero-order chi connectivity index (χ0) is 14.7. The van der Waals surface area contributed by atoms with Gasteiger partial charge in [0.15, 0.2) is 0 Å². The molecule has 0 aliphatic heterocycles. The molecule has 0 saturated heterocycles. The van der Waals surface area contributed by atoms with Crippen molar-refractivity contribution in [1.82, 2.24) is 14.7 Å². The van der Waals surface area contributed by atoms with E-state index in [-0.39, 0.29) is 19.1 Å². The normalized spacial score (nSPS) is 10.6. The number of nitrogens with zero attached hydrogens (tertiary/aromatic N) is 3. The third-order valence-electron chi connectivity index (χ3n) is 3.10. The monoisotopic (exact) mass is 293 g/mol. The van der Waals surface area contributed by atoms with Crippen LogP contribution in [0.1, 0.15) is 16.1 Å². The zero-order valence-corrected chi connectivity index (χ0v) is 12.1. The number of likely N-dealkylation sites (N-methyl/N-ethyl adjacent to an activating group) is 1. The van der Waals surface area contributed by atoms with Crippen LogP contribution in [-0.4, -0.2) is 45.9 Å². The molecule has 2 rings (SSSR count). The molecule has 0 fully saturated rings. The van der Waals surface area contributed by atoms with Gasteiger partial charge in [-0.2, -0.15) is 5.10 Å². The highest BCUT2D eigenvalue weighted by molar-refractivity contribution is 6.32. The molecule has 0 unspecified atom stereocenters. The van der Waals surface area contributed by atoms with E-state index in [2.05, 4.69) is 5.10 Å². The molecule has 2 aromatic rings. The van der Waals surface area contributed by atoms with Crippen molar-refractivity contribution in [2.24, 2.45) is 0 Å². The van der Waals surface area contributed by atoms with Crippen LogP contribution in [0.3, 0.4) is 0 Å². The van der Waals surface area contributed by atoms with Crippen molar-refractivity contribution in [1.29, 1.82) is 0 Å². The number of aliphatic hydroxyl groups is 1. The van der Waals surface area contributed by atoms with E-state index in [0.29, 0.717) is 16.3 Å². The second kappa shape index (κ2) is 6.07. The Bertz CT molecular complexity index is 625. The average Bonchev–Trinajstić information content (AvgIpc) is 2.80. The average molecular weight is 294 g/mol. The van der Waals surface area contributed by atoms with Crippen molar-refractivity contribution in [3.05, 3.63) is 46.7 Å². The van der Waals surface area contributed by atoms with Crippen molar-refractivity contribution < 1.29 is 9.90 Å². The van der Waals surface area contributed by atoms with Gasteiger partial charge in [-0.1, -0.05) is 23.7 Å². The minimum absolute atomic E-state index is 0.0695. The predicted molar refractivity (Wildman–Crippen MR) is 77.4 cm³/mol. The fourth-order valence-electron chi connectivity index (χ4n) is 1.94. The van der Waals surface area contributed by atoms with Crippen LogP contribution in [0, 0.1) is 6.92 Å². The number of rotatable bonds is 4. The Morgan fingerprint density at radius 3 is 2.80 bits per heavy atom. The van der Waals surface area contributed by atoms with E-state index in [4.69, 9.17) is 16.7 Å². The molecule has 0 aliphatic carbocycles. The van der Waals surface area contributed by atoms with Gasteiger partial charge in [-0.05, 0) is 19.1 Å². The molecule has 6 heteroatoms. The van der Waals surface area contributed by atoms with Crippen LogP contribution < -0.4 is 0 Å². The number of halogens is 1. The molecule has 1 N–H and O–H groups in total. The number of hydrogen-bond acceptors (Lipinski definition) is 3. The quantitative estimate of drug-likeness (QED) is 0.936. The summed E-state index contributed by atoms with van der Waals surface area (Å²) in [6, 6.07) is 7.32. The molecule has 0 radical (unpaired) electrons. The summed E-state index contributed by atoms with van der Waals surface area (Å²) in [6.45, 7) is 2.03. The first-order valence-electron chi connectivity index (χ1n) is 6.22. The zero-order valence-electron chi connectivity index (χ0n) is 11.4. The maximum atomic E-state index is 12.2. The van der Waals surface area contributed by atoms with Gasteiger partial charge in [-0.3, -0.25) is 4.79 Å². The molecule has 1 aromatic carbocycles. The van der Waals surface area contributed by atoms with Crippen LogP contribution in [0.4, 0.5) is 0 Å². The second-order valence-corrected chi connectivity index (χ2v) is 4.86. The van der Waals surface area contributed by atoms with E-state index in [9.17, 15) is 4.79 Å². The molecule has 0 bridgehead atoms. The number of carbonyl (C=O) groups is 1. The summed E-state index contributed by atoms with van der Waals surface area (Å²) < 4.78 is 1.64. The smallest absolute Gasteiger partial charge is 0.257 e. The molecule has 0 saturated carbocycles. The van der Waals surface area contributed by atoms with E-state index in [1.165, 1.54) is 11.1 Å². The molecular weight excluding hydrogens is 278 g/mol. The number of benzene rings is 1. The molecule has 0 atom stereocenters. The number of carbonyl (C=O) groups excluding carboxylic acids is 1. The molecule has 1 aromatic heterocycles. The van der Waals surface area contributed by atoms with Gasteiger partial charge < -0.3 is 10.0 Å². The Hall–Kier alpha value is -1.85. The molecular formula is C14H16ClN3O2. The first kappa shape index (κ1) is 14.6. The van der Waals surface area contributed by atoms with Crippen molar-refractivity contribution >= 4 is 17.5 Å². The number of aliphatic hydroxyl groups excluding tert-OH is 1. The fraction of sp³-hybridized carbons (Fsp3) is 0.286. The summed E-state index contributed by atoms with van der Waals surface area (Å²) in [4.78, 5) is 13.7. The molecule has 1 amide bonds. The lowest BCUT2D eigenvalue weighted by molar-refractivity contribution is 0.0766. The summed E-state index contributed by atoms with van der Waals surface area (Å²) in [6.07, 6.45) is 1.52. The highest BCUT2D eigenvalue weighted by Crippen LogP contribution is 2.22. The van der Waals surface area contributed by atoms with Gasteiger partial charge in [0.05, 0.1) is 34.8 Å². The van der Waals surface area contributed by atoms with E-state index < -0.39 is 0 Å². The summed E-state index contributed by atoms with van der Waals surface area (Å²) in [7, 11) is 1.64. The maximum Gasteiger partial charge on any atom is 0.257 e. The number of aromatic nitrogens is 2. The third-order valence-corrected chi connectivity index (χ3v) is 3.42. The van der Waals surface area contributed by atoms with Gasteiger partial charge >= 0.3 is 0 Å². The fourth-order valence-corrected chi connectivity index (χ4v) is 2.16.